The number of aliphatic imine (C=N–C) groups is 1. The molecule has 0 amide bonds. The van der Waals surface area contributed by atoms with E-state index in [0.29, 0.717) is 5.41 Å². The zero-order chi connectivity index (χ0) is 16.1. The van der Waals surface area contributed by atoms with Gasteiger partial charge in [0.2, 0.25) is 0 Å². The van der Waals surface area contributed by atoms with Crippen LogP contribution in [-0.4, -0.2) is 42.5 Å². The summed E-state index contributed by atoms with van der Waals surface area (Å²) in [7, 11) is 1.91. The summed E-state index contributed by atoms with van der Waals surface area (Å²) in [5.74, 6) is 1.08. The summed E-state index contributed by atoms with van der Waals surface area (Å²) in [6, 6.07) is 0. The van der Waals surface area contributed by atoms with E-state index in [1.165, 1.54) is 55.8 Å². The lowest BCUT2D eigenvalue weighted by atomic mass is 9.73. The number of guanidine groups is 1. The second-order valence-corrected chi connectivity index (χ2v) is 7.98. The quantitative estimate of drug-likeness (QED) is 0.416. The molecular weight excluding hydrogens is 431 g/mol. The molecule has 24 heavy (non-hydrogen) atoms. The fourth-order valence-corrected chi connectivity index (χ4v) is 4.87. The first-order valence-electron chi connectivity index (χ1n) is 9.13. The fraction of sp³-hybridized carbons (Fsp3) is 0.778. The van der Waals surface area contributed by atoms with E-state index in [-0.39, 0.29) is 24.0 Å². The highest BCUT2D eigenvalue weighted by Gasteiger charge is 2.39. The fourth-order valence-electron chi connectivity index (χ4n) is 4.09. The van der Waals surface area contributed by atoms with Crippen molar-refractivity contribution in [3.05, 3.63) is 16.1 Å². The zero-order valence-electron chi connectivity index (χ0n) is 15.0. The number of aryl methyl sites for hydroxylation is 1. The van der Waals surface area contributed by atoms with E-state index < -0.39 is 0 Å². The van der Waals surface area contributed by atoms with Crippen molar-refractivity contribution in [1.82, 2.24) is 15.2 Å². The van der Waals surface area contributed by atoms with Gasteiger partial charge in [-0.25, -0.2) is 4.98 Å². The molecule has 3 rings (SSSR count). The van der Waals surface area contributed by atoms with Crippen molar-refractivity contribution in [2.75, 3.05) is 26.7 Å². The van der Waals surface area contributed by atoms with Crippen LogP contribution >= 0.6 is 35.3 Å². The monoisotopic (exact) mass is 462 g/mol. The topological polar surface area (TPSA) is 40.5 Å². The van der Waals surface area contributed by atoms with Gasteiger partial charge in [-0.3, -0.25) is 4.99 Å². The van der Waals surface area contributed by atoms with E-state index in [4.69, 9.17) is 0 Å². The molecule has 0 atom stereocenters. The summed E-state index contributed by atoms with van der Waals surface area (Å²) in [6.07, 6.45) is 10.5. The normalized spacial score (nSPS) is 20.2. The van der Waals surface area contributed by atoms with Gasteiger partial charge in [-0.05, 0) is 31.1 Å². The molecule has 1 aromatic rings. The third kappa shape index (κ3) is 4.84. The van der Waals surface area contributed by atoms with Crippen LogP contribution in [0.3, 0.4) is 0 Å². The molecule has 2 aliphatic rings. The van der Waals surface area contributed by atoms with Crippen LogP contribution in [0, 0.1) is 5.41 Å². The Bertz CT molecular complexity index is 537. The second-order valence-electron chi connectivity index (χ2n) is 7.04. The average Bonchev–Trinajstić information content (AvgIpc) is 3.20. The van der Waals surface area contributed by atoms with Crippen LogP contribution in [0.1, 0.15) is 56.2 Å². The standard InChI is InChI=1S/C18H30N4S.HI/c1-3-16-21-15(13-23-16)7-11-20-17(19-2)22-12-10-18(14-22)8-5-4-6-9-18;/h13H,3-12,14H2,1-2H3,(H,19,20);1H. The van der Waals surface area contributed by atoms with E-state index >= 15 is 0 Å². The molecule has 0 aromatic carbocycles. The van der Waals surface area contributed by atoms with E-state index in [9.17, 15) is 0 Å². The summed E-state index contributed by atoms with van der Waals surface area (Å²) in [5, 5.41) is 6.98. The van der Waals surface area contributed by atoms with Gasteiger partial charge in [-0.15, -0.1) is 35.3 Å². The predicted molar refractivity (Wildman–Crippen MR) is 114 cm³/mol. The third-order valence-electron chi connectivity index (χ3n) is 5.43. The first-order chi connectivity index (χ1) is 11.2. The SMILES string of the molecule is CCc1nc(CCNC(=NC)N2CCC3(CCCCC3)C2)cs1.I. The zero-order valence-corrected chi connectivity index (χ0v) is 18.2. The first kappa shape index (κ1) is 19.9. The van der Waals surface area contributed by atoms with Gasteiger partial charge >= 0.3 is 0 Å². The highest BCUT2D eigenvalue weighted by atomic mass is 127. The number of halogens is 1. The van der Waals surface area contributed by atoms with Crippen LogP contribution < -0.4 is 5.32 Å². The number of likely N-dealkylation sites (tertiary alicyclic amines) is 1. The molecule has 0 radical (unpaired) electrons. The van der Waals surface area contributed by atoms with Gasteiger partial charge in [0.15, 0.2) is 5.96 Å². The molecule has 0 bridgehead atoms. The van der Waals surface area contributed by atoms with E-state index in [0.717, 1.165) is 31.9 Å². The number of hydrogen-bond donors (Lipinski definition) is 1. The summed E-state index contributed by atoms with van der Waals surface area (Å²) in [6.45, 7) is 5.44. The summed E-state index contributed by atoms with van der Waals surface area (Å²) >= 11 is 1.77. The molecule has 2 fully saturated rings. The Morgan fingerprint density at radius 1 is 1.33 bits per heavy atom. The molecule has 1 saturated heterocycles. The van der Waals surface area contributed by atoms with Crippen LogP contribution in [0.4, 0.5) is 0 Å². The largest absolute Gasteiger partial charge is 0.356 e. The summed E-state index contributed by atoms with van der Waals surface area (Å²) in [4.78, 5) is 11.6. The number of nitrogens with one attached hydrogen (secondary N) is 1. The van der Waals surface area contributed by atoms with Crippen molar-refractivity contribution in [3.63, 3.8) is 0 Å². The van der Waals surface area contributed by atoms with Crippen molar-refractivity contribution in [2.45, 2.75) is 58.3 Å². The van der Waals surface area contributed by atoms with Crippen molar-refractivity contribution in [2.24, 2.45) is 10.4 Å². The molecular formula is C18H31IN4S. The predicted octanol–water partition coefficient (Wildman–Crippen LogP) is 4.10. The molecule has 1 spiro atoms. The van der Waals surface area contributed by atoms with Gasteiger partial charge < -0.3 is 10.2 Å². The third-order valence-corrected chi connectivity index (χ3v) is 6.47. The van der Waals surface area contributed by atoms with Crippen LogP contribution in [0.5, 0.6) is 0 Å². The molecule has 6 heteroatoms. The molecule has 1 saturated carbocycles. The van der Waals surface area contributed by atoms with Gasteiger partial charge in [0.1, 0.15) is 0 Å². The molecule has 136 valence electrons. The van der Waals surface area contributed by atoms with Crippen LogP contribution in [-0.2, 0) is 12.8 Å². The Morgan fingerprint density at radius 2 is 2.12 bits per heavy atom. The van der Waals surface area contributed by atoms with E-state index in [1.54, 1.807) is 11.3 Å². The second kappa shape index (κ2) is 9.36. The number of rotatable bonds is 4. The lowest BCUT2D eigenvalue weighted by molar-refractivity contribution is 0.203. The number of hydrogen-bond acceptors (Lipinski definition) is 3. The minimum Gasteiger partial charge on any atom is -0.356 e. The Morgan fingerprint density at radius 3 is 2.79 bits per heavy atom. The van der Waals surface area contributed by atoms with Crippen molar-refractivity contribution in [3.8, 4) is 0 Å². The van der Waals surface area contributed by atoms with Gasteiger partial charge in [0.05, 0.1) is 10.7 Å². The molecule has 1 aliphatic heterocycles. The van der Waals surface area contributed by atoms with Crippen molar-refractivity contribution < 1.29 is 0 Å². The molecule has 0 unspecified atom stereocenters. The Hall–Kier alpha value is -0.370. The lowest BCUT2D eigenvalue weighted by Gasteiger charge is -2.33. The van der Waals surface area contributed by atoms with Gasteiger partial charge in [0.25, 0.3) is 0 Å². The average molecular weight is 462 g/mol. The Kier molecular flexibility index (Phi) is 7.78. The molecule has 1 aliphatic carbocycles. The van der Waals surface area contributed by atoms with Crippen molar-refractivity contribution in [1.29, 1.82) is 0 Å². The van der Waals surface area contributed by atoms with Crippen LogP contribution in [0.15, 0.2) is 10.4 Å². The smallest absolute Gasteiger partial charge is 0.193 e. The van der Waals surface area contributed by atoms with E-state index in [1.807, 2.05) is 7.05 Å². The minimum atomic E-state index is 0. The number of nitrogens with zero attached hydrogens (tertiary/aromatic N) is 3. The molecule has 1 N–H and O–H groups in total. The van der Waals surface area contributed by atoms with Gasteiger partial charge in [-0.1, -0.05) is 26.2 Å². The minimum absolute atomic E-state index is 0. The molecule has 1 aromatic heterocycles. The molecule has 2 heterocycles. The first-order valence-corrected chi connectivity index (χ1v) is 10.0. The highest BCUT2D eigenvalue weighted by Crippen LogP contribution is 2.43. The number of thiazole rings is 1. The summed E-state index contributed by atoms with van der Waals surface area (Å²) in [5.41, 5.74) is 1.79. The maximum Gasteiger partial charge on any atom is 0.193 e. The Labute approximate surface area is 167 Å². The molecule has 4 nitrogen and oxygen atoms in total. The highest BCUT2D eigenvalue weighted by molar-refractivity contribution is 14.0. The Balaban J connectivity index is 0.00000208. The lowest BCUT2D eigenvalue weighted by Crippen LogP contribution is -2.42. The van der Waals surface area contributed by atoms with Gasteiger partial charge in [-0.2, -0.15) is 0 Å². The maximum atomic E-state index is 4.64. The summed E-state index contributed by atoms with van der Waals surface area (Å²) < 4.78 is 0. The van der Waals surface area contributed by atoms with Crippen LogP contribution in [0.2, 0.25) is 0 Å². The maximum absolute atomic E-state index is 4.64. The van der Waals surface area contributed by atoms with Gasteiger partial charge in [0, 0.05) is 38.5 Å². The van der Waals surface area contributed by atoms with Crippen molar-refractivity contribution >= 4 is 41.3 Å². The van der Waals surface area contributed by atoms with Crippen LogP contribution in [0.25, 0.3) is 0 Å². The number of aromatic nitrogens is 1. The van der Waals surface area contributed by atoms with E-state index in [2.05, 4.69) is 32.5 Å².